The molecule has 0 unspecified atom stereocenters. The van der Waals surface area contributed by atoms with Gasteiger partial charge in [-0.2, -0.15) is 0 Å². The zero-order valence-corrected chi connectivity index (χ0v) is 15.1. The lowest BCUT2D eigenvalue weighted by molar-refractivity contribution is -0.0787. The van der Waals surface area contributed by atoms with Crippen molar-refractivity contribution in [2.75, 3.05) is 0 Å². The number of benzene rings is 1. The Labute approximate surface area is 146 Å². The lowest BCUT2D eigenvalue weighted by atomic mass is 9.73. The van der Waals surface area contributed by atoms with Crippen molar-refractivity contribution in [1.29, 1.82) is 0 Å². The molecule has 0 saturated heterocycles. The van der Waals surface area contributed by atoms with Crippen LogP contribution in [-0.2, 0) is 5.92 Å². The molecule has 0 spiro atoms. The Hall–Kier alpha value is -0.920. The average Bonchev–Trinajstić information content (AvgIpc) is 2.63. The summed E-state index contributed by atoms with van der Waals surface area (Å²) in [6, 6.07) is 7.45. The van der Waals surface area contributed by atoms with Crippen molar-refractivity contribution in [3.8, 4) is 0 Å². The first kappa shape index (κ1) is 17.9. The SMILES string of the molecule is CCCC1CCC(c2ccccc2C(F)(F)C2CCCCC2)CC1. The van der Waals surface area contributed by atoms with E-state index in [4.69, 9.17) is 0 Å². The van der Waals surface area contributed by atoms with E-state index in [1.165, 1.54) is 25.7 Å². The number of hydrogen-bond acceptors (Lipinski definition) is 0. The van der Waals surface area contributed by atoms with E-state index in [1.54, 1.807) is 12.1 Å². The predicted octanol–water partition coefficient (Wildman–Crippen LogP) is 7.43. The highest BCUT2D eigenvalue weighted by molar-refractivity contribution is 5.35. The number of hydrogen-bond donors (Lipinski definition) is 0. The van der Waals surface area contributed by atoms with Crippen LogP contribution in [0.3, 0.4) is 0 Å². The van der Waals surface area contributed by atoms with Crippen molar-refractivity contribution in [2.24, 2.45) is 11.8 Å². The molecule has 0 atom stereocenters. The first-order chi connectivity index (χ1) is 11.6. The van der Waals surface area contributed by atoms with Crippen molar-refractivity contribution < 1.29 is 8.78 Å². The highest BCUT2D eigenvalue weighted by Gasteiger charge is 2.43. The fourth-order valence-electron chi connectivity index (χ4n) is 5.01. The second-order valence-corrected chi connectivity index (χ2v) is 8.05. The van der Waals surface area contributed by atoms with Gasteiger partial charge in [0.2, 0.25) is 0 Å². The summed E-state index contributed by atoms with van der Waals surface area (Å²) in [7, 11) is 0. The van der Waals surface area contributed by atoms with Crippen LogP contribution in [0.1, 0.15) is 94.6 Å². The molecule has 2 saturated carbocycles. The summed E-state index contributed by atoms with van der Waals surface area (Å²) in [6.45, 7) is 2.24. The standard InChI is InChI=1S/C22H32F2/c1-2-8-17-13-15-18(16-14-17)20-11-6-7-12-21(20)22(23,24)19-9-4-3-5-10-19/h6-7,11-12,17-19H,2-5,8-10,13-16H2,1H3. The van der Waals surface area contributed by atoms with Crippen LogP contribution in [0.25, 0.3) is 0 Å². The van der Waals surface area contributed by atoms with Crippen LogP contribution in [-0.4, -0.2) is 0 Å². The molecule has 0 N–H and O–H groups in total. The van der Waals surface area contributed by atoms with E-state index in [1.807, 2.05) is 12.1 Å². The van der Waals surface area contributed by atoms with Gasteiger partial charge in [-0.15, -0.1) is 0 Å². The molecule has 2 heteroatoms. The Morgan fingerprint density at radius 1 is 0.917 bits per heavy atom. The van der Waals surface area contributed by atoms with Crippen LogP contribution in [0.4, 0.5) is 8.78 Å². The van der Waals surface area contributed by atoms with E-state index in [-0.39, 0.29) is 0 Å². The summed E-state index contributed by atoms with van der Waals surface area (Å²) < 4.78 is 30.5. The predicted molar refractivity (Wildman–Crippen MR) is 96.5 cm³/mol. The highest BCUT2D eigenvalue weighted by Crippen LogP contribution is 2.48. The van der Waals surface area contributed by atoms with E-state index in [0.717, 1.165) is 43.6 Å². The largest absolute Gasteiger partial charge is 0.276 e. The molecule has 0 amide bonds. The molecule has 2 aliphatic carbocycles. The van der Waals surface area contributed by atoms with Gasteiger partial charge in [0.15, 0.2) is 0 Å². The first-order valence-corrected chi connectivity index (χ1v) is 10.1. The molecule has 0 aromatic heterocycles. The van der Waals surface area contributed by atoms with Gasteiger partial charge in [0.25, 0.3) is 5.92 Å². The van der Waals surface area contributed by atoms with Gasteiger partial charge in [0.1, 0.15) is 0 Å². The van der Waals surface area contributed by atoms with Gasteiger partial charge in [-0.3, -0.25) is 0 Å². The Morgan fingerprint density at radius 3 is 2.25 bits per heavy atom. The third-order valence-corrected chi connectivity index (χ3v) is 6.42. The molecular weight excluding hydrogens is 302 g/mol. The maximum absolute atomic E-state index is 15.3. The lowest BCUT2D eigenvalue weighted by Gasteiger charge is -2.35. The van der Waals surface area contributed by atoms with Crippen molar-refractivity contribution in [3.63, 3.8) is 0 Å². The van der Waals surface area contributed by atoms with Crippen molar-refractivity contribution in [2.45, 2.75) is 89.4 Å². The molecule has 2 fully saturated rings. The third-order valence-electron chi connectivity index (χ3n) is 6.42. The summed E-state index contributed by atoms with van der Waals surface area (Å²) in [4.78, 5) is 0. The van der Waals surface area contributed by atoms with Crippen LogP contribution in [0, 0.1) is 11.8 Å². The van der Waals surface area contributed by atoms with E-state index >= 15 is 8.78 Å². The van der Waals surface area contributed by atoms with Gasteiger partial charge in [0, 0.05) is 11.5 Å². The Kier molecular flexibility index (Phi) is 5.94. The minimum Gasteiger partial charge on any atom is -0.201 e. The summed E-state index contributed by atoms with van der Waals surface area (Å²) in [6.07, 6.45) is 11.5. The maximum atomic E-state index is 15.3. The van der Waals surface area contributed by atoms with E-state index < -0.39 is 11.8 Å². The Morgan fingerprint density at radius 2 is 1.58 bits per heavy atom. The average molecular weight is 334 g/mol. The summed E-state index contributed by atoms with van der Waals surface area (Å²) >= 11 is 0. The van der Waals surface area contributed by atoms with Crippen molar-refractivity contribution in [3.05, 3.63) is 35.4 Å². The van der Waals surface area contributed by atoms with Gasteiger partial charge >= 0.3 is 0 Å². The van der Waals surface area contributed by atoms with Crippen LogP contribution >= 0.6 is 0 Å². The summed E-state index contributed by atoms with van der Waals surface area (Å²) in [5.41, 5.74) is 1.29. The van der Waals surface area contributed by atoms with Crippen LogP contribution < -0.4 is 0 Å². The Bertz CT molecular complexity index is 508. The summed E-state index contributed by atoms with van der Waals surface area (Å²) in [5.74, 6) is -1.96. The number of halogens is 2. The smallest absolute Gasteiger partial charge is 0.201 e. The molecule has 0 radical (unpaired) electrons. The van der Waals surface area contributed by atoms with Crippen LogP contribution in [0.5, 0.6) is 0 Å². The molecule has 1 aromatic carbocycles. The fourth-order valence-corrected chi connectivity index (χ4v) is 5.01. The molecule has 3 rings (SSSR count). The van der Waals surface area contributed by atoms with E-state index in [0.29, 0.717) is 24.3 Å². The molecule has 0 aliphatic heterocycles. The maximum Gasteiger partial charge on any atom is 0.276 e. The van der Waals surface area contributed by atoms with Crippen LogP contribution in [0.2, 0.25) is 0 Å². The van der Waals surface area contributed by atoms with Gasteiger partial charge in [-0.05, 0) is 55.9 Å². The number of alkyl halides is 2. The van der Waals surface area contributed by atoms with E-state index in [2.05, 4.69) is 6.92 Å². The van der Waals surface area contributed by atoms with Crippen molar-refractivity contribution >= 4 is 0 Å². The summed E-state index contributed by atoms with van der Waals surface area (Å²) in [5, 5.41) is 0. The van der Waals surface area contributed by atoms with Crippen LogP contribution in [0.15, 0.2) is 24.3 Å². The first-order valence-electron chi connectivity index (χ1n) is 10.1. The van der Waals surface area contributed by atoms with Gasteiger partial charge < -0.3 is 0 Å². The molecule has 0 bridgehead atoms. The fraction of sp³-hybridized carbons (Fsp3) is 0.727. The molecule has 1 aromatic rings. The Balaban J connectivity index is 1.78. The van der Waals surface area contributed by atoms with E-state index in [9.17, 15) is 0 Å². The van der Waals surface area contributed by atoms with Gasteiger partial charge in [0.05, 0.1) is 0 Å². The van der Waals surface area contributed by atoms with Gasteiger partial charge in [-0.1, -0.05) is 63.3 Å². The minimum atomic E-state index is -2.66. The third kappa shape index (κ3) is 3.83. The van der Waals surface area contributed by atoms with Gasteiger partial charge in [-0.25, -0.2) is 8.78 Å². The normalized spacial score (nSPS) is 26.5. The highest BCUT2D eigenvalue weighted by atomic mass is 19.3. The quantitative estimate of drug-likeness (QED) is 0.525. The van der Waals surface area contributed by atoms with Crippen molar-refractivity contribution in [1.82, 2.24) is 0 Å². The second kappa shape index (κ2) is 7.97. The number of rotatable bonds is 5. The molecule has 24 heavy (non-hydrogen) atoms. The molecule has 2 aliphatic rings. The topological polar surface area (TPSA) is 0 Å². The zero-order chi connectivity index (χ0) is 17.0. The monoisotopic (exact) mass is 334 g/mol. The second-order valence-electron chi connectivity index (χ2n) is 8.05. The minimum absolute atomic E-state index is 0.337. The molecular formula is C22H32F2. The lowest BCUT2D eigenvalue weighted by Crippen LogP contribution is -2.29. The molecule has 0 heterocycles. The molecule has 134 valence electrons. The molecule has 0 nitrogen and oxygen atoms in total. The zero-order valence-electron chi connectivity index (χ0n) is 15.1.